The van der Waals surface area contributed by atoms with Crippen molar-refractivity contribution in [1.29, 1.82) is 0 Å². The van der Waals surface area contributed by atoms with Crippen molar-refractivity contribution in [3.05, 3.63) is 35.9 Å². The molecule has 0 aliphatic rings. The van der Waals surface area contributed by atoms with Gasteiger partial charge < -0.3 is 10.4 Å². The average Bonchev–Trinajstić information content (AvgIpc) is 2.29. The topological polar surface area (TPSA) is 66.4 Å². The van der Waals surface area contributed by atoms with E-state index in [4.69, 9.17) is 5.11 Å². The van der Waals surface area contributed by atoms with Crippen LogP contribution in [0.2, 0.25) is 0 Å². The highest BCUT2D eigenvalue weighted by Gasteiger charge is 2.24. The average molecular weight is 243 g/mol. The maximum absolute atomic E-state index is 12.0. The molecule has 2 N–H and O–H groups in total. The largest absolute Gasteiger partial charge is 0.480 e. The maximum atomic E-state index is 12.0. The Morgan fingerprint density at radius 3 is 2.29 bits per heavy atom. The van der Waals surface area contributed by atoms with Gasteiger partial charge in [-0.25, -0.2) is 4.79 Å². The van der Waals surface area contributed by atoms with Crippen LogP contribution in [0, 0.1) is 0 Å². The van der Waals surface area contributed by atoms with E-state index >= 15 is 0 Å². The molecule has 1 rings (SSSR count). The predicted octanol–water partition coefficient (Wildman–Crippen LogP) is 1.06. The van der Waals surface area contributed by atoms with E-state index in [0.29, 0.717) is 5.56 Å². The van der Waals surface area contributed by atoms with Crippen LogP contribution in [-0.4, -0.2) is 29.5 Å². The highest BCUT2D eigenvalue weighted by molar-refractivity contribution is 5.85. The fourth-order valence-electron chi connectivity index (χ4n) is 1.28. The van der Waals surface area contributed by atoms with Gasteiger partial charge in [0.05, 0.1) is 0 Å². The normalized spacial score (nSPS) is 12.2. The number of hydrogen-bond acceptors (Lipinski definition) is 2. The Bertz CT molecular complexity index is 395. The van der Waals surface area contributed by atoms with Crippen molar-refractivity contribution in [3.8, 4) is 0 Å². The van der Waals surface area contributed by atoms with Crippen LogP contribution in [0.4, 0.5) is 8.78 Å². The number of carboxylic acid groups (broad SMARTS) is 1. The van der Waals surface area contributed by atoms with Crippen molar-refractivity contribution >= 4 is 11.9 Å². The lowest BCUT2D eigenvalue weighted by Gasteiger charge is -2.14. The van der Waals surface area contributed by atoms with Crippen molar-refractivity contribution in [2.24, 2.45) is 0 Å². The van der Waals surface area contributed by atoms with Crippen LogP contribution in [0.5, 0.6) is 0 Å². The molecule has 0 spiro atoms. The number of benzene rings is 1. The van der Waals surface area contributed by atoms with Gasteiger partial charge in [-0.3, -0.25) is 4.79 Å². The first kappa shape index (κ1) is 13.1. The number of carbonyl (C=O) groups excluding carboxylic acids is 1. The van der Waals surface area contributed by atoms with Gasteiger partial charge in [-0.2, -0.15) is 8.78 Å². The Kier molecular flexibility index (Phi) is 4.56. The number of alkyl halides is 2. The first-order valence-corrected chi connectivity index (χ1v) is 4.86. The number of aliphatic carboxylic acids is 1. The van der Waals surface area contributed by atoms with E-state index in [1.54, 1.807) is 35.6 Å². The second-order valence-corrected chi connectivity index (χ2v) is 3.39. The van der Waals surface area contributed by atoms with Crippen molar-refractivity contribution in [1.82, 2.24) is 5.32 Å². The van der Waals surface area contributed by atoms with Gasteiger partial charge in [0.1, 0.15) is 6.04 Å². The van der Waals surface area contributed by atoms with Crippen molar-refractivity contribution in [2.45, 2.75) is 18.9 Å². The zero-order valence-corrected chi connectivity index (χ0v) is 8.77. The molecular formula is C11H11F2NO3. The zero-order chi connectivity index (χ0) is 12.8. The van der Waals surface area contributed by atoms with Crippen molar-refractivity contribution < 1.29 is 23.5 Å². The van der Waals surface area contributed by atoms with E-state index in [-0.39, 0.29) is 6.42 Å². The third-order valence-corrected chi connectivity index (χ3v) is 2.10. The molecule has 0 aromatic heterocycles. The quantitative estimate of drug-likeness (QED) is 0.812. The smallest absolute Gasteiger partial charge is 0.326 e. The summed E-state index contributed by atoms with van der Waals surface area (Å²) in [6.07, 6.45) is -3.25. The lowest BCUT2D eigenvalue weighted by Crippen LogP contribution is -2.44. The van der Waals surface area contributed by atoms with Crippen LogP contribution in [0.15, 0.2) is 30.3 Å². The first-order valence-electron chi connectivity index (χ1n) is 4.86. The molecule has 1 atom stereocenters. The number of hydrogen-bond donors (Lipinski definition) is 2. The highest BCUT2D eigenvalue weighted by Crippen LogP contribution is 2.04. The van der Waals surface area contributed by atoms with Crippen LogP contribution in [0.3, 0.4) is 0 Å². The molecule has 0 fully saturated rings. The molecule has 6 heteroatoms. The number of carbonyl (C=O) groups is 2. The first-order chi connectivity index (χ1) is 8.00. The highest BCUT2D eigenvalue weighted by atomic mass is 19.3. The minimum absolute atomic E-state index is 0.0331. The molecule has 0 aliphatic carbocycles. The van der Waals surface area contributed by atoms with Crippen LogP contribution >= 0.6 is 0 Å². The summed E-state index contributed by atoms with van der Waals surface area (Å²) in [6.45, 7) is 0. The number of amides is 1. The monoisotopic (exact) mass is 243 g/mol. The summed E-state index contributed by atoms with van der Waals surface area (Å²) in [4.78, 5) is 21.5. The molecule has 0 saturated carbocycles. The SMILES string of the molecule is O=C(N[C@H](Cc1ccccc1)C(=O)O)C(F)F. The van der Waals surface area contributed by atoms with Gasteiger partial charge in [0.2, 0.25) is 0 Å². The van der Waals surface area contributed by atoms with Crippen LogP contribution in [-0.2, 0) is 16.0 Å². The lowest BCUT2D eigenvalue weighted by atomic mass is 10.1. The Morgan fingerprint density at radius 1 is 1.24 bits per heavy atom. The Hall–Kier alpha value is -1.98. The van der Waals surface area contributed by atoms with Crippen LogP contribution in [0.25, 0.3) is 0 Å². The fraction of sp³-hybridized carbons (Fsp3) is 0.273. The molecule has 1 aromatic rings. The van der Waals surface area contributed by atoms with Gasteiger partial charge in [-0.1, -0.05) is 30.3 Å². The van der Waals surface area contributed by atoms with Gasteiger partial charge >= 0.3 is 12.4 Å². The Labute approximate surface area is 96.3 Å². The molecule has 0 heterocycles. The summed E-state index contributed by atoms with van der Waals surface area (Å²) in [5.74, 6) is -2.92. The second-order valence-electron chi connectivity index (χ2n) is 3.39. The minimum atomic E-state index is -3.22. The molecule has 17 heavy (non-hydrogen) atoms. The maximum Gasteiger partial charge on any atom is 0.326 e. The van der Waals surface area contributed by atoms with Crippen LogP contribution < -0.4 is 5.32 Å². The number of halogens is 2. The molecule has 0 unspecified atom stereocenters. The molecular weight excluding hydrogens is 232 g/mol. The van der Waals surface area contributed by atoms with Gasteiger partial charge in [0.25, 0.3) is 5.91 Å². The fourth-order valence-corrected chi connectivity index (χ4v) is 1.28. The third-order valence-electron chi connectivity index (χ3n) is 2.10. The van der Waals surface area contributed by atoms with E-state index in [9.17, 15) is 18.4 Å². The molecule has 1 aromatic carbocycles. The minimum Gasteiger partial charge on any atom is -0.480 e. The van der Waals surface area contributed by atoms with E-state index in [1.165, 1.54) is 0 Å². The summed E-state index contributed by atoms with van der Waals surface area (Å²) in [6, 6.07) is 7.11. The molecule has 92 valence electrons. The molecule has 1 amide bonds. The van der Waals surface area contributed by atoms with Crippen molar-refractivity contribution in [3.63, 3.8) is 0 Å². The van der Waals surface area contributed by atoms with Crippen molar-refractivity contribution in [2.75, 3.05) is 0 Å². The Balaban J connectivity index is 2.68. The van der Waals surface area contributed by atoms with E-state index in [2.05, 4.69) is 0 Å². The molecule has 0 saturated heterocycles. The molecule has 0 radical (unpaired) electrons. The van der Waals surface area contributed by atoms with Gasteiger partial charge in [-0.05, 0) is 5.56 Å². The van der Waals surface area contributed by atoms with E-state index < -0.39 is 24.3 Å². The number of carboxylic acids is 1. The summed E-state index contributed by atoms with van der Waals surface area (Å²) < 4.78 is 24.0. The van der Waals surface area contributed by atoms with E-state index in [0.717, 1.165) is 0 Å². The number of nitrogens with one attached hydrogen (secondary N) is 1. The third kappa shape index (κ3) is 4.18. The van der Waals surface area contributed by atoms with Gasteiger partial charge in [0, 0.05) is 6.42 Å². The number of rotatable bonds is 5. The lowest BCUT2D eigenvalue weighted by molar-refractivity contribution is -0.144. The van der Waals surface area contributed by atoms with Crippen LogP contribution in [0.1, 0.15) is 5.56 Å². The standard InChI is InChI=1S/C11H11F2NO3/c12-9(13)10(15)14-8(11(16)17)6-7-4-2-1-3-5-7/h1-5,8-9H,6H2,(H,14,15)(H,16,17)/t8-/m1/s1. The van der Waals surface area contributed by atoms with Gasteiger partial charge in [-0.15, -0.1) is 0 Å². The Morgan fingerprint density at radius 2 is 1.82 bits per heavy atom. The molecule has 4 nitrogen and oxygen atoms in total. The summed E-state index contributed by atoms with van der Waals surface area (Å²) >= 11 is 0. The summed E-state index contributed by atoms with van der Waals surface area (Å²) in [5, 5.41) is 10.6. The molecule has 0 bridgehead atoms. The summed E-state index contributed by atoms with van der Waals surface area (Å²) in [5.41, 5.74) is 0.648. The summed E-state index contributed by atoms with van der Waals surface area (Å²) in [7, 11) is 0. The zero-order valence-electron chi connectivity index (χ0n) is 8.77. The predicted molar refractivity (Wildman–Crippen MR) is 55.7 cm³/mol. The second kappa shape index (κ2) is 5.93. The molecule has 0 aliphatic heterocycles. The van der Waals surface area contributed by atoms with Gasteiger partial charge in [0.15, 0.2) is 0 Å². The van der Waals surface area contributed by atoms with E-state index in [1.807, 2.05) is 0 Å².